The normalized spacial score (nSPS) is 11.3. The van der Waals surface area contributed by atoms with Gasteiger partial charge in [-0.25, -0.2) is 9.37 Å². The van der Waals surface area contributed by atoms with Crippen molar-refractivity contribution in [3.05, 3.63) is 40.7 Å². The van der Waals surface area contributed by atoms with Gasteiger partial charge in [0.05, 0.1) is 18.5 Å². The maximum Gasteiger partial charge on any atom is 0.203 e. The quantitative estimate of drug-likeness (QED) is 0.605. The highest BCUT2D eigenvalue weighted by Crippen LogP contribution is 2.19. The number of anilines is 1. The predicted octanol–water partition coefficient (Wildman–Crippen LogP) is 4.46. The number of thiazole rings is 1. The van der Waals surface area contributed by atoms with Gasteiger partial charge in [-0.1, -0.05) is 19.9 Å². The van der Waals surface area contributed by atoms with Crippen LogP contribution in [-0.2, 0) is 0 Å². The van der Waals surface area contributed by atoms with E-state index in [2.05, 4.69) is 29.4 Å². The van der Waals surface area contributed by atoms with Gasteiger partial charge in [0.1, 0.15) is 0 Å². The third-order valence-electron chi connectivity index (χ3n) is 2.90. The molecule has 0 aliphatic carbocycles. The molecule has 0 amide bonds. The summed E-state index contributed by atoms with van der Waals surface area (Å²) in [5.41, 5.74) is 4.56. The van der Waals surface area contributed by atoms with E-state index < -0.39 is 0 Å². The molecule has 1 aromatic carbocycles. The van der Waals surface area contributed by atoms with Crippen molar-refractivity contribution < 1.29 is 9.13 Å². The summed E-state index contributed by atoms with van der Waals surface area (Å²) in [5.74, 6) is 0.429. The molecule has 0 bridgehead atoms. The van der Waals surface area contributed by atoms with E-state index in [-0.39, 0.29) is 11.6 Å². The molecule has 2 rings (SSSR count). The fourth-order valence-electron chi connectivity index (χ4n) is 1.68. The zero-order valence-electron chi connectivity index (χ0n) is 13.0. The maximum absolute atomic E-state index is 13.7. The van der Waals surface area contributed by atoms with Gasteiger partial charge in [-0.2, -0.15) is 5.10 Å². The van der Waals surface area contributed by atoms with Crippen molar-refractivity contribution in [1.82, 2.24) is 4.98 Å². The van der Waals surface area contributed by atoms with E-state index in [9.17, 15) is 4.39 Å². The smallest absolute Gasteiger partial charge is 0.203 e. The van der Waals surface area contributed by atoms with Gasteiger partial charge in [0, 0.05) is 5.38 Å². The molecule has 0 saturated heterocycles. The minimum Gasteiger partial charge on any atom is -0.490 e. The molecule has 118 valence electrons. The summed E-state index contributed by atoms with van der Waals surface area (Å²) >= 11 is 1.48. The zero-order valence-corrected chi connectivity index (χ0v) is 13.8. The Hall–Kier alpha value is -1.95. The van der Waals surface area contributed by atoms with Crippen LogP contribution in [0.1, 0.15) is 31.5 Å². The minimum atomic E-state index is -0.357. The molecule has 1 N–H and O–H groups in total. The predicted molar refractivity (Wildman–Crippen MR) is 89.4 cm³/mol. The molecule has 4 nitrogen and oxygen atoms in total. The second-order valence-electron chi connectivity index (χ2n) is 5.38. The molecule has 1 aromatic heterocycles. The molecule has 1 heterocycles. The summed E-state index contributed by atoms with van der Waals surface area (Å²) in [6, 6.07) is 4.69. The third-order valence-corrected chi connectivity index (χ3v) is 3.77. The Morgan fingerprint density at radius 2 is 2.27 bits per heavy atom. The van der Waals surface area contributed by atoms with E-state index in [0.717, 1.165) is 22.8 Å². The SMILES string of the molecule is Cc1csc(NN=Cc2ccc(F)c(OCCC(C)C)c2)n1. The molecule has 2 aromatic rings. The summed E-state index contributed by atoms with van der Waals surface area (Å²) in [6.07, 6.45) is 2.51. The van der Waals surface area contributed by atoms with Crippen LogP contribution in [-0.4, -0.2) is 17.8 Å². The fourth-order valence-corrected chi connectivity index (χ4v) is 2.32. The van der Waals surface area contributed by atoms with Gasteiger partial charge in [-0.15, -0.1) is 11.3 Å². The Labute approximate surface area is 134 Å². The lowest BCUT2D eigenvalue weighted by Gasteiger charge is -2.09. The highest BCUT2D eigenvalue weighted by molar-refractivity contribution is 7.13. The number of aryl methyl sites for hydroxylation is 1. The van der Waals surface area contributed by atoms with Crippen molar-refractivity contribution in [2.75, 3.05) is 12.0 Å². The molecular weight excluding hydrogens is 301 g/mol. The second kappa shape index (κ2) is 7.89. The van der Waals surface area contributed by atoms with Crippen LogP contribution in [0.25, 0.3) is 0 Å². The lowest BCUT2D eigenvalue weighted by atomic mass is 10.1. The molecule has 6 heteroatoms. The van der Waals surface area contributed by atoms with Gasteiger partial charge < -0.3 is 4.74 Å². The number of nitrogens with one attached hydrogen (secondary N) is 1. The summed E-state index contributed by atoms with van der Waals surface area (Å²) in [6.45, 7) is 6.64. The summed E-state index contributed by atoms with van der Waals surface area (Å²) in [4.78, 5) is 4.24. The first kappa shape index (κ1) is 16.4. The van der Waals surface area contributed by atoms with Crippen LogP contribution in [0.3, 0.4) is 0 Å². The molecule has 0 spiro atoms. The molecule has 0 radical (unpaired) electrons. The number of halogens is 1. The summed E-state index contributed by atoms with van der Waals surface area (Å²) in [5, 5.41) is 6.77. The fraction of sp³-hybridized carbons (Fsp3) is 0.375. The molecule has 22 heavy (non-hydrogen) atoms. The monoisotopic (exact) mass is 321 g/mol. The highest BCUT2D eigenvalue weighted by atomic mass is 32.1. The second-order valence-corrected chi connectivity index (χ2v) is 6.24. The van der Waals surface area contributed by atoms with Gasteiger partial charge in [0.25, 0.3) is 0 Å². The first-order valence-corrected chi connectivity index (χ1v) is 8.06. The molecule has 0 unspecified atom stereocenters. The van der Waals surface area contributed by atoms with Crippen LogP contribution in [0.5, 0.6) is 5.75 Å². The first-order valence-electron chi connectivity index (χ1n) is 7.18. The van der Waals surface area contributed by atoms with Crippen molar-refractivity contribution >= 4 is 22.7 Å². The van der Waals surface area contributed by atoms with Crippen molar-refractivity contribution in [1.29, 1.82) is 0 Å². The van der Waals surface area contributed by atoms with Crippen LogP contribution < -0.4 is 10.2 Å². The van der Waals surface area contributed by atoms with Crippen molar-refractivity contribution in [2.24, 2.45) is 11.0 Å². The lowest BCUT2D eigenvalue weighted by Crippen LogP contribution is -2.03. The van der Waals surface area contributed by atoms with Crippen LogP contribution in [0, 0.1) is 18.7 Å². The first-order chi connectivity index (χ1) is 10.5. The Bertz CT molecular complexity index is 640. The van der Waals surface area contributed by atoms with Gasteiger partial charge in [-0.3, -0.25) is 5.43 Å². The molecule has 0 fully saturated rings. The van der Waals surface area contributed by atoms with Crippen molar-refractivity contribution in [3.63, 3.8) is 0 Å². The summed E-state index contributed by atoms with van der Waals surface area (Å²) < 4.78 is 19.2. The van der Waals surface area contributed by atoms with Crippen LogP contribution >= 0.6 is 11.3 Å². The highest BCUT2D eigenvalue weighted by Gasteiger charge is 2.05. The van der Waals surface area contributed by atoms with Crippen molar-refractivity contribution in [2.45, 2.75) is 27.2 Å². The Morgan fingerprint density at radius 1 is 1.45 bits per heavy atom. The van der Waals surface area contributed by atoms with E-state index in [1.807, 2.05) is 12.3 Å². The Balaban J connectivity index is 1.96. The maximum atomic E-state index is 13.7. The number of nitrogens with zero attached hydrogens (tertiary/aromatic N) is 2. The van der Waals surface area contributed by atoms with Crippen LogP contribution in [0.15, 0.2) is 28.7 Å². The number of hydrogen-bond donors (Lipinski definition) is 1. The lowest BCUT2D eigenvalue weighted by molar-refractivity contribution is 0.277. The number of rotatable bonds is 7. The molecule has 0 saturated carbocycles. The van der Waals surface area contributed by atoms with E-state index in [4.69, 9.17) is 4.74 Å². The number of aromatic nitrogens is 1. The van der Waals surface area contributed by atoms with E-state index >= 15 is 0 Å². The topological polar surface area (TPSA) is 46.5 Å². The standard InChI is InChI=1S/C16H20FN3OS/c1-11(2)6-7-21-15-8-13(4-5-14(15)17)9-18-20-16-19-12(3)10-22-16/h4-5,8-11H,6-7H2,1-3H3,(H,19,20). The summed E-state index contributed by atoms with van der Waals surface area (Å²) in [7, 11) is 0. The Kier molecular flexibility index (Phi) is 5.89. The Morgan fingerprint density at radius 3 is 2.95 bits per heavy atom. The largest absolute Gasteiger partial charge is 0.490 e. The van der Waals surface area contributed by atoms with Crippen molar-refractivity contribution in [3.8, 4) is 5.75 Å². The van der Waals surface area contributed by atoms with E-state index in [1.54, 1.807) is 18.3 Å². The van der Waals surface area contributed by atoms with Gasteiger partial charge in [-0.05, 0) is 37.0 Å². The van der Waals surface area contributed by atoms with E-state index in [1.165, 1.54) is 17.4 Å². The number of benzene rings is 1. The number of hydrazone groups is 1. The average molecular weight is 321 g/mol. The van der Waals surface area contributed by atoms with Gasteiger partial charge in [0.15, 0.2) is 11.6 Å². The number of ether oxygens (including phenoxy) is 1. The van der Waals surface area contributed by atoms with Gasteiger partial charge >= 0.3 is 0 Å². The molecule has 0 aliphatic rings. The molecule has 0 aliphatic heterocycles. The minimum absolute atomic E-state index is 0.259. The van der Waals surface area contributed by atoms with Crippen LogP contribution in [0.4, 0.5) is 9.52 Å². The average Bonchev–Trinajstić information content (AvgIpc) is 2.87. The third kappa shape index (κ3) is 5.11. The molecular formula is C16H20FN3OS. The number of hydrogen-bond acceptors (Lipinski definition) is 5. The zero-order chi connectivity index (χ0) is 15.9. The van der Waals surface area contributed by atoms with Gasteiger partial charge in [0.2, 0.25) is 5.13 Å². The molecule has 0 atom stereocenters. The van der Waals surface area contributed by atoms with Crippen LogP contribution in [0.2, 0.25) is 0 Å². The van der Waals surface area contributed by atoms with E-state index in [0.29, 0.717) is 12.5 Å².